The zero-order valence-electron chi connectivity index (χ0n) is 18.7. The van der Waals surface area contributed by atoms with Crippen LogP contribution < -0.4 is 5.32 Å². The Bertz CT molecular complexity index is 1010. The van der Waals surface area contributed by atoms with Gasteiger partial charge in [-0.15, -0.1) is 0 Å². The van der Waals surface area contributed by atoms with Crippen LogP contribution in [0.4, 0.5) is 30.7 Å². The van der Waals surface area contributed by atoms with E-state index < -0.39 is 47.2 Å². The van der Waals surface area contributed by atoms with Crippen molar-refractivity contribution in [1.82, 2.24) is 10.2 Å². The van der Waals surface area contributed by atoms with Crippen molar-refractivity contribution in [2.75, 3.05) is 20.1 Å². The van der Waals surface area contributed by atoms with Crippen LogP contribution in [0.15, 0.2) is 36.4 Å². The van der Waals surface area contributed by atoms with Crippen molar-refractivity contribution in [2.45, 2.75) is 50.5 Å². The van der Waals surface area contributed by atoms with Crippen molar-refractivity contribution in [1.29, 1.82) is 0 Å². The number of benzene rings is 2. The molecular weight excluding hydrogens is 465 g/mol. The van der Waals surface area contributed by atoms with Gasteiger partial charge in [0, 0.05) is 18.4 Å². The second-order valence-corrected chi connectivity index (χ2v) is 8.91. The van der Waals surface area contributed by atoms with Gasteiger partial charge in [-0.2, -0.15) is 26.3 Å². The lowest BCUT2D eigenvalue weighted by atomic mass is 9.69. The van der Waals surface area contributed by atoms with Crippen molar-refractivity contribution in [3.05, 3.63) is 70.0 Å². The van der Waals surface area contributed by atoms with Gasteiger partial charge in [0.15, 0.2) is 0 Å². The molecule has 1 aliphatic rings. The number of nitrogens with one attached hydrogen (secondary N) is 1. The quantitative estimate of drug-likeness (QED) is 0.534. The van der Waals surface area contributed by atoms with Crippen LogP contribution in [0.1, 0.15) is 47.1 Å². The molecule has 1 N–H and O–H groups in total. The highest BCUT2D eigenvalue weighted by Gasteiger charge is 2.39. The molecular formula is C24H25F7N2O. The molecule has 2 aromatic rings. The van der Waals surface area contributed by atoms with E-state index in [1.165, 1.54) is 12.1 Å². The van der Waals surface area contributed by atoms with Crippen LogP contribution in [0.2, 0.25) is 0 Å². The predicted molar refractivity (Wildman–Crippen MR) is 112 cm³/mol. The van der Waals surface area contributed by atoms with Crippen molar-refractivity contribution in [2.24, 2.45) is 0 Å². The fourth-order valence-electron chi connectivity index (χ4n) is 4.50. The minimum Gasteiger partial charge on any atom is -0.352 e. The monoisotopic (exact) mass is 490 g/mol. The van der Waals surface area contributed by atoms with Crippen molar-refractivity contribution < 1.29 is 35.5 Å². The molecule has 1 aliphatic heterocycles. The van der Waals surface area contributed by atoms with Crippen LogP contribution in [0, 0.1) is 12.7 Å². The molecule has 3 rings (SSSR count). The highest BCUT2D eigenvalue weighted by molar-refractivity contribution is 5.78. The third-order valence-corrected chi connectivity index (χ3v) is 6.34. The standard InChI is InChI=1S/C24H25F7N2O/c1-15-9-19(25)3-4-20(15)22(5-7-33(2)8-6-22)13-21(34)32-14-16-10-17(23(26,27)28)12-18(11-16)24(29,30)31/h3-4,9-12H,5-8,13-14H2,1-2H3,(H,32,34). The maximum atomic E-state index is 13.7. The number of carbonyl (C=O) groups is 1. The van der Waals surface area contributed by atoms with Gasteiger partial charge in [0.25, 0.3) is 0 Å². The summed E-state index contributed by atoms with van der Waals surface area (Å²) < 4.78 is 92.2. The Morgan fingerprint density at radius 3 is 2.03 bits per heavy atom. The Kier molecular flexibility index (Phi) is 7.31. The summed E-state index contributed by atoms with van der Waals surface area (Å²) >= 11 is 0. The van der Waals surface area contributed by atoms with Crippen LogP contribution in [-0.2, 0) is 29.1 Å². The summed E-state index contributed by atoms with van der Waals surface area (Å²) in [7, 11) is 1.94. The van der Waals surface area contributed by atoms with Crippen molar-refractivity contribution in [3.8, 4) is 0 Å². The Morgan fingerprint density at radius 1 is 0.971 bits per heavy atom. The minimum atomic E-state index is -4.96. The summed E-state index contributed by atoms with van der Waals surface area (Å²) in [5, 5.41) is 2.48. The molecule has 0 unspecified atom stereocenters. The van der Waals surface area contributed by atoms with Crippen LogP contribution in [0.3, 0.4) is 0 Å². The predicted octanol–water partition coefficient (Wildman–Crippen LogP) is 5.84. The van der Waals surface area contributed by atoms with E-state index in [1.807, 2.05) is 7.05 Å². The largest absolute Gasteiger partial charge is 0.416 e. The normalized spacial score (nSPS) is 17.0. The van der Waals surface area contributed by atoms with Gasteiger partial charge in [0.2, 0.25) is 5.91 Å². The molecule has 34 heavy (non-hydrogen) atoms. The van der Waals surface area contributed by atoms with E-state index in [0.717, 1.165) is 5.56 Å². The summed E-state index contributed by atoms with van der Waals surface area (Å²) in [6.07, 6.45) is -8.73. The number of carbonyl (C=O) groups excluding carboxylic acids is 1. The fraction of sp³-hybridized carbons (Fsp3) is 0.458. The van der Waals surface area contributed by atoms with Gasteiger partial charge in [-0.3, -0.25) is 4.79 Å². The fourth-order valence-corrected chi connectivity index (χ4v) is 4.50. The number of amides is 1. The number of halogens is 7. The molecule has 2 aromatic carbocycles. The summed E-state index contributed by atoms with van der Waals surface area (Å²) in [6.45, 7) is 2.64. The van der Waals surface area contributed by atoms with Crippen molar-refractivity contribution in [3.63, 3.8) is 0 Å². The number of nitrogens with zero attached hydrogens (tertiary/aromatic N) is 1. The summed E-state index contributed by atoms with van der Waals surface area (Å²) in [5.41, 5.74) is -2.27. The minimum absolute atomic E-state index is 0.0155. The molecule has 186 valence electrons. The lowest BCUT2D eigenvalue weighted by Crippen LogP contribution is -2.44. The molecule has 1 fully saturated rings. The molecule has 0 aromatic heterocycles. The highest BCUT2D eigenvalue weighted by atomic mass is 19.4. The smallest absolute Gasteiger partial charge is 0.352 e. The van der Waals surface area contributed by atoms with Gasteiger partial charge < -0.3 is 10.2 Å². The van der Waals surface area contributed by atoms with Crippen LogP contribution >= 0.6 is 0 Å². The van der Waals surface area contributed by atoms with E-state index in [1.54, 1.807) is 13.0 Å². The first-order valence-electron chi connectivity index (χ1n) is 10.7. The number of likely N-dealkylation sites (tertiary alicyclic amines) is 1. The number of alkyl halides is 6. The van der Waals surface area contributed by atoms with Gasteiger partial charge >= 0.3 is 12.4 Å². The number of rotatable bonds is 5. The molecule has 0 atom stereocenters. The highest BCUT2D eigenvalue weighted by Crippen LogP contribution is 2.40. The third-order valence-electron chi connectivity index (χ3n) is 6.34. The number of hydrogen-bond acceptors (Lipinski definition) is 2. The molecule has 1 amide bonds. The van der Waals surface area contributed by atoms with Gasteiger partial charge in [0.05, 0.1) is 11.1 Å². The van der Waals surface area contributed by atoms with Crippen LogP contribution in [-0.4, -0.2) is 30.9 Å². The maximum Gasteiger partial charge on any atom is 0.416 e. The van der Waals surface area contributed by atoms with Gasteiger partial charge in [0.1, 0.15) is 5.82 Å². The van der Waals surface area contributed by atoms with E-state index >= 15 is 0 Å². The van der Waals surface area contributed by atoms with E-state index in [-0.39, 0.29) is 18.1 Å². The first-order chi connectivity index (χ1) is 15.7. The first kappa shape index (κ1) is 26.0. The molecule has 0 spiro atoms. The van der Waals surface area contributed by atoms with Gasteiger partial charge in [-0.25, -0.2) is 4.39 Å². The third kappa shape index (κ3) is 6.08. The van der Waals surface area contributed by atoms with Crippen LogP contribution in [0.5, 0.6) is 0 Å². The average Bonchev–Trinajstić information content (AvgIpc) is 2.73. The summed E-state index contributed by atoms with van der Waals surface area (Å²) in [4.78, 5) is 14.9. The summed E-state index contributed by atoms with van der Waals surface area (Å²) in [5.74, 6) is -0.905. The van der Waals surface area contributed by atoms with E-state index in [4.69, 9.17) is 0 Å². The Balaban J connectivity index is 1.82. The zero-order valence-corrected chi connectivity index (χ0v) is 18.7. The Hall–Kier alpha value is -2.62. The van der Waals surface area contributed by atoms with E-state index in [2.05, 4.69) is 10.2 Å². The zero-order chi connectivity index (χ0) is 25.3. The number of piperidine rings is 1. The molecule has 10 heteroatoms. The lowest BCUT2D eigenvalue weighted by Gasteiger charge is -2.41. The average molecular weight is 490 g/mol. The molecule has 0 radical (unpaired) electrons. The lowest BCUT2D eigenvalue weighted by molar-refractivity contribution is -0.143. The second-order valence-electron chi connectivity index (χ2n) is 8.91. The molecule has 0 bridgehead atoms. The molecule has 0 aliphatic carbocycles. The molecule has 1 heterocycles. The summed E-state index contributed by atoms with van der Waals surface area (Å²) in [6, 6.07) is 5.61. The van der Waals surface area contributed by atoms with Gasteiger partial charge in [-0.05, 0) is 86.9 Å². The van der Waals surface area contributed by atoms with Crippen molar-refractivity contribution >= 4 is 5.91 Å². The first-order valence-corrected chi connectivity index (χ1v) is 10.7. The second kappa shape index (κ2) is 9.56. The van der Waals surface area contributed by atoms with Gasteiger partial charge in [-0.1, -0.05) is 6.07 Å². The number of aryl methyl sites for hydroxylation is 1. The Morgan fingerprint density at radius 2 is 1.53 bits per heavy atom. The molecule has 3 nitrogen and oxygen atoms in total. The number of hydrogen-bond donors (Lipinski definition) is 1. The molecule has 1 saturated heterocycles. The van der Waals surface area contributed by atoms with E-state index in [9.17, 15) is 35.5 Å². The van der Waals surface area contributed by atoms with Crippen LogP contribution in [0.25, 0.3) is 0 Å². The topological polar surface area (TPSA) is 32.3 Å². The SMILES string of the molecule is Cc1cc(F)ccc1C1(CC(=O)NCc2cc(C(F)(F)F)cc(C(F)(F)F)c2)CCN(C)CC1. The molecule has 0 saturated carbocycles. The maximum absolute atomic E-state index is 13.7. The van der Waals surface area contributed by atoms with E-state index in [0.29, 0.717) is 43.6 Å². The Labute approximate surface area is 192 Å².